The number of ketones is 1. The van der Waals surface area contributed by atoms with Crippen molar-refractivity contribution in [2.24, 2.45) is 0 Å². The Morgan fingerprint density at radius 3 is 2.39 bits per heavy atom. The number of phenols is 1. The molecule has 1 aliphatic rings. The van der Waals surface area contributed by atoms with E-state index in [2.05, 4.69) is 4.98 Å². The number of aliphatic hydroxyl groups excluding tert-OH is 1. The molecule has 1 aromatic heterocycles. The first-order chi connectivity index (χ1) is 14.8. The van der Waals surface area contributed by atoms with Gasteiger partial charge in [-0.3, -0.25) is 14.5 Å². The highest BCUT2D eigenvalue weighted by Gasteiger charge is 2.46. The van der Waals surface area contributed by atoms with Gasteiger partial charge in [0.05, 0.1) is 40.0 Å². The molecule has 0 spiro atoms. The summed E-state index contributed by atoms with van der Waals surface area (Å²) < 4.78 is 5.42. The summed E-state index contributed by atoms with van der Waals surface area (Å²) in [7, 11) is 1.48. The summed E-state index contributed by atoms with van der Waals surface area (Å²) in [4.78, 5) is 32.7. The maximum absolute atomic E-state index is 13.5. The van der Waals surface area contributed by atoms with E-state index in [1.165, 1.54) is 35.5 Å². The highest BCUT2D eigenvalue weighted by molar-refractivity contribution is 7.14. The number of aryl methyl sites for hydroxylation is 2. The maximum Gasteiger partial charge on any atom is 0.294 e. The van der Waals surface area contributed by atoms with Crippen LogP contribution in [0, 0.1) is 13.8 Å². The molecule has 2 heterocycles. The van der Waals surface area contributed by atoms with Gasteiger partial charge in [-0.15, -0.1) is 11.3 Å². The van der Waals surface area contributed by atoms with Crippen molar-refractivity contribution < 1.29 is 24.5 Å². The number of hydrogen-bond donors (Lipinski definition) is 2. The van der Waals surface area contributed by atoms with Gasteiger partial charge in [0.15, 0.2) is 5.76 Å². The highest BCUT2D eigenvalue weighted by atomic mass is 32.1. The predicted octanol–water partition coefficient (Wildman–Crippen LogP) is 4.26. The number of carbonyl (C=O) groups is 2. The Morgan fingerprint density at radius 1 is 1.10 bits per heavy atom. The lowest BCUT2D eigenvalue weighted by Crippen LogP contribution is -2.31. The molecule has 0 aliphatic carbocycles. The summed E-state index contributed by atoms with van der Waals surface area (Å²) >= 11 is 1.22. The SMILES string of the molecule is COc1ccccc1N1C(=O)C(O)=C(C(=O)c2sc(C)nc2C)C1c1ccc(O)cc1. The van der Waals surface area contributed by atoms with Gasteiger partial charge in [-0.1, -0.05) is 24.3 Å². The fraction of sp³-hybridized carbons (Fsp3) is 0.174. The number of nitrogens with zero attached hydrogens (tertiary/aromatic N) is 2. The standard InChI is InChI=1S/C23H20N2O5S/c1-12-22(31-13(2)24-12)20(27)18-19(14-8-10-15(26)11-9-14)25(23(29)21(18)28)16-6-4-5-7-17(16)30-3/h4-11,19,26,28H,1-3H3. The number of aromatic nitrogens is 1. The summed E-state index contributed by atoms with van der Waals surface area (Å²) in [6, 6.07) is 12.2. The number of ether oxygens (including phenoxy) is 1. The van der Waals surface area contributed by atoms with Crippen molar-refractivity contribution in [3.63, 3.8) is 0 Å². The number of anilines is 1. The summed E-state index contributed by atoms with van der Waals surface area (Å²) in [5, 5.41) is 21.3. The predicted molar refractivity (Wildman–Crippen MR) is 117 cm³/mol. The number of thiazole rings is 1. The molecule has 2 N–H and O–H groups in total. The Morgan fingerprint density at radius 2 is 1.77 bits per heavy atom. The molecule has 0 saturated heterocycles. The number of hydrogen-bond acceptors (Lipinski definition) is 7. The van der Waals surface area contributed by atoms with Crippen molar-refractivity contribution in [2.75, 3.05) is 12.0 Å². The lowest BCUT2D eigenvalue weighted by Gasteiger charge is -2.28. The minimum Gasteiger partial charge on any atom is -0.508 e. The summed E-state index contributed by atoms with van der Waals surface area (Å²) in [6.45, 7) is 3.51. The molecule has 7 nitrogen and oxygen atoms in total. The van der Waals surface area contributed by atoms with Gasteiger partial charge in [0.1, 0.15) is 11.5 Å². The number of aromatic hydroxyl groups is 1. The van der Waals surface area contributed by atoms with Crippen molar-refractivity contribution in [3.05, 3.63) is 81.0 Å². The molecule has 0 radical (unpaired) electrons. The van der Waals surface area contributed by atoms with E-state index in [-0.39, 0.29) is 11.3 Å². The molecule has 0 bridgehead atoms. The fourth-order valence-electron chi connectivity index (χ4n) is 3.75. The number of amides is 1. The number of methoxy groups -OCH3 is 1. The van der Waals surface area contributed by atoms with Crippen molar-refractivity contribution in [1.29, 1.82) is 0 Å². The van der Waals surface area contributed by atoms with Crippen LogP contribution in [0.5, 0.6) is 11.5 Å². The third kappa shape index (κ3) is 3.44. The Hall–Kier alpha value is -3.65. The van der Waals surface area contributed by atoms with Crippen molar-refractivity contribution in [1.82, 2.24) is 4.98 Å². The van der Waals surface area contributed by atoms with Crippen LogP contribution in [-0.2, 0) is 4.79 Å². The number of benzene rings is 2. The second-order valence-corrected chi connectivity index (χ2v) is 8.28. The minimum atomic E-state index is -0.904. The number of phenolic OH excluding ortho intramolecular Hbond substituents is 1. The van der Waals surface area contributed by atoms with Gasteiger partial charge in [0.25, 0.3) is 5.91 Å². The van der Waals surface area contributed by atoms with E-state index < -0.39 is 23.5 Å². The number of aliphatic hydroxyl groups is 1. The Bertz CT molecular complexity index is 1210. The van der Waals surface area contributed by atoms with Crippen LogP contribution in [0.2, 0.25) is 0 Å². The van der Waals surface area contributed by atoms with E-state index in [9.17, 15) is 19.8 Å². The quantitative estimate of drug-likeness (QED) is 0.580. The fourth-order valence-corrected chi connectivity index (χ4v) is 4.62. The van der Waals surface area contributed by atoms with E-state index in [0.717, 1.165) is 0 Å². The maximum atomic E-state index is 13.5. The molecule has 8 heteroatoms. The third-order valence-corrected chi connectivity index (χ3v) is 6.19. The molecule has 0 saturated carbocycles. The lowest BCUT2D eigenvalue weighted by atomic mass is 9.94. The van der Waals surface area contributed by atoms with Gasteiger partial charge < -0.3 is 14.9 Å². The zero-order valence-corrected chi connectivity index (χ0v) is 17.9. The van der Waals surface area contributed by atoms with Gasteiger partial charge in [-0.2, -0.15) is 0 Å². The number of carbonyl (C=O) groups excluding carboxylic acids is 2. The Balaban J connectivity index is 1.92. The highest BCUT2D eigenvalue weighted by Crippen LogP contribution is 2.45. The number of rotatable bonds is 5. The molecule has 1 atom stereocenters. The van der Waals surface area contributed by atoms with Crippen LogP contribution in [0.25, 0.3) is 0 Å². The van der Waals surface area contributed by atoms with Gasteiger partial charge in [0, 0.05) is 0 Å². The van der Waals surface area contributed by atoms with Crippen LogP contribution in [0.15, 0.2) is 59.9 Å². The molecule has 1 unspecified atom stereocenters. The molecular formula is C23H20N2O5S. The second kappa shape index (κ2) is 7.88. The summed E-state index contributed by atoms with van der Waals surface area (Å²) in [5.41, 5.74) is 1.48. The third-order valence-electron chi connectivity index (χ3n) is 5.12. The number of Topliss-reactive ketones (excluding diaryl/α,β-unsaturated/α-hetero) is 1. The molecule has 0 fully saturated rings. The van der Waals surface area contributed by atoms with E-state index in [0.29, 0.717) is 32.6 Å². The van der Waals surface area contributed by atoms with Gasteiger partial charge in [-0.25, -0.2) is 4.98 Å². The monoisotopic (exact) mass is 436 g/mol. The van der Waals surface area contributed by atoms with Crippen LogP contribution in [0.4, 0.5) is 5.69 Å². The Kier molecular flexibility index (Phi) is 5.24. The molecule has 4 rings (SSSR count). The molecule has 31 heavy (non-hydrogen) atoms. The second-order valence-electron chi connectivity index (χ2n) is 7.08. The normalized spacial score (nSPS) is 16.2. The molecule has 2 aromatic carbocycles. The van der Waals surface area contributed by atoms with Crippen LogP contribution in [0.3, 0.4) is 0 Å². The van der Waals surface area contributed by atoms with Crippen LogP contribution in [-0.4, -0.2) is 34.0 Å². The number of para-hydroxylation sites is 2. The first-order valence-electron chi connectivity index (χ1n) is 9.50. The molecule has 3 aromatic rings. The topological polar surface area (TPSA) is 100.0 Å². The van der Waals surface area contributed by atoms with Gasteiger partial charge in [-0.05, 0) is 43.7 Å². The van der Waals surface area contributed by atoms with E-state index in [1.54, 1.807) is 50.2 Å². The largest absolute Gasteiger partial charge is 0.508 e. The first-order valence-corrected chi connectivity index (χ1v) is 10.3. The van der Waals surface area contributed by atoms with Crippen molar-refractivity contribution >= 4 is 28.7 Å². The Labute approximate surface area is 182 Å². The van der Waals surface area contributed by atoms with Gasteiger partial charge in [0.2, 0.25) is 5.78 Å². The van der Waals surface area contributed by atoms with Crippen LogP contribution < -0.4 is 9.64 Å². The minimum absolute atomic E-state index is 0.0339. The van der Waals surface area contributed by atoms with E-state index in [1.807, 2.05) is 0 Å². The smallest absolute Gasteiger partial charge is 0.294 e. The van der Waals surface area contributed by atoms with Crippen LogP contribution >= 0.6 is 11.3 Å². The van der Waals surface area contributed by atoms with Gasteiger partial charge >= 0.3 is 0 Å². The van der Waals surface area contributed by atoms with E-state index >= 15 is 0 Å². The summed E-state index contributed by atoms with van der Waals surface area (Å²) in [5.74, 6) is -1.30. The van der Waals surface area contributed by atoms with Crippen molar-refractivity contribution in [2.45, 2.75) is 19.9 Å². The average Bonchev–Trinajstić information content (AvgIpc) is 3.23. The van der Waals surface area contributed by atoms with Crippen molar-refractivity contribution in [3.8, 4) is 11.5 Å². The molecular weight excluding hydrogens is 416 g/mol. The zero-order chi connectivity index (χ0) is 22.3. The van der Waals surface area contributed by atoms with E-state index in [4.69, 9.17) is 4.74 Å². The first kappa shape index (κ1) is 20.6. The zero-order valence-electron chi connectivity index (χ0n) is 17.1. The van der Waals surface area contributed by atoms with Crippen LogP contribution in [0.1, 0.15) is 32.0 Å². The average molecular weight is 436 g/mol. The molecule has 1 aliphatic heterocycles. The molecule has 1 amide bonds. The molecule has 158 valence electrons. The lowest BCUT2D eigenvalue weighted by molar-refractivity contribution is -0.117. The summed E-state index contributed by atoms with van der Waals surface area (Å²) in [6.07, 6.45) is 0.